The number of ether oxygens (including phenoxy) is 3. The van der Waals surface area contributed by atoms with E-state index in [1.165, 1.54) is 180 Å². The average molecular weight is 1060 g/mol. The molecule has 440 valence electrons. The second-order valence-electron chi connectivity index (χ2n) is 22.1. The van der Waals surface area contributed by atoms with Crippen molar-refractivity contribution in [3.05, 3.63) is 36.5 Å². The molecule has 11 nitrogen and oxygen atoms in total. The minimum Gasteiger partial charge on any atom is -0.454 e. The van der Waals surface area contributed by atoms with E-state index in [0.29, 0.717) is 12.8 Å². The summed E-state index contributed by atoms with van der Waals surface area (Å²) in [6, 6.07) is -1.02. The van der Waals surface area contributed by atoms with E-state index >= 15 is 0 Å². The summed E-state index contributed by atoms with van der Waals surface area (Å²) in [4.78, 5) is 26.5. The second kappa shape index (κ2) is 52.6. The molecular formula is C64H119NO10. The van der Waals surface area contributed by atoms with Crippen molar-refractivity contribution < 1.29 is 49.3 Å². The first kappa shape index (κ1) is 70.9. The first-order chi connectivity index (χ1) is 36.7. The highest BCUT2D eigenvalue weighted by Crippen LogP contribution is 2.26. The van der Waals surface area contributed by atoms with Gasteiger partial charge in [-0.1, -0.05) is 256 Å². The molecule has 1 fully saturated rings. The zero-order chi connectivity index (χ0) is 54.7. The standard InChI is InChI=1S/C64H119NO10/c1-4-7-10-13-16-19-22-24-25-26-27-28-29-30-31-32-33-35-37-40-43-46-49-52-59(69)75-62-61(71)60(70)58(53-66)74-64(62)73-54-55(56(67)50-47-44-41-39-36-34-23-20-17-14-11-8-5-2)65-63(72)57(68)51-48-45-42-38-21-18-15-12-9-6-3/h15,18,24-25,47,50,55-58,60-62,64,66-68,70-71H,4-14,16-17,19-23,26-46,48-49,51-54H2,1-3H3,(H,65,72)/b18-15-,25-24+,50-47+. The summed E-state index contributed by atoms with van der Waals surface area (Å²) >= 11 is 0. The van der Waals surface area contributed by atoms with Crippen molar-refractivity contribution in [2.75, 3.05) is 13.2 Å². The van der Waals surface area contributed by atoms with E-state index in [9.17, 15) is 35.1 Å². The lowest BCUT2D eigenvalue weighted by molar-refractivity contribution is -0.305. The number of aliphatic hydroxyl groups is 5. The van der Waals surface area contributed by atoms with Crippen molar-refractivity contribution in [2.24, 2.45) is 0 Å². The van der Waals surface area contributed by atoms with Gasteiger partial charge < -0.3 is 45.1 Å². The Balaban J connectivity index is 2.59. The fraction of sp³-hybridized carbons (Fsp3) is 0.875. The molecule has 0 bridgehead atoms. The molecular weight excluding hydrogens is 943 g/mol. The first-order valence-corrected chi connectivity index (χ1v) is 31.8. The van der Waals surface area contributed by atoms with E-state index in [4.69, 9.17) is 14.2 Å². The van der Waals surface area contributed by atoms with Crippen LogP contribution in [-0.2, 0) is 23.8 Å². The van der Waals surface area contributed by atoms with E-state index in [2.05, 4.69) is 50.4 Å². The molecule has 0 aromatic heterocycles. The van der Waals surface area contributed by atoms with E-state index in [1.54, 1.807) is 6.08 Å². The molecule has 1 aliphatic rings. The van der Waals surface area contributed by atoms with Gasteiger partial charge >= 0.3 is 5.97 Å². The normalized spacial score (nSPS) is 19.4. The number of aliphatic hydroxyl groups excluding tert-OH is 5. The molecule has 0 aliphatic carbocycles. The monoisotopic (exact) mass is 1060 g/mol. The Labute approximate surface area is 460 Å². The van der Waals surface area contributed by atoms with Gasteiger partial charge in [-0.3, -0.25) is 9.59 Å². The summed E-state index contributed by atoms with van der Waals surface area (Å²) in [7, 11) is 0. The summed E-state index contributed by atoms with van der Waals surface area (Å²) in [6.07, 6.45) is 52.0. The number of hydrogen-bond donors (Lipinski definition) is 6. The molecule has 8 unspecified atom stereocenters. The minimum atomic E-state index is -1.61. The van der Waals surface area contributed by atoms with Crippen molar-refractivity contribution in [3.63, 3.8) is 0 Å². The summed E-state index contributed by atoms with van der Waals surface area (Å²) in [5.74, 6) is -1.20. The number of amides is 1. The third kappa shape index (κ3) is 40.7. The highest BCUT2D eigenvalue weighted by Gasteiger charge is 2.47. The number of esters is 1. The summed E-state index contributed by atoms with van der Waals surface area (Å²) < 4.78 is 17.6. The zero-order valence-electron chi connectivity index (χ0n) is 48.7. The largest absolute Gasteiger partial charge is 0.454 e. The van der Waals surface area contributed by atoms with E-state index < -0.39 is 67.4 Å². The SMILES string of the molecule is CCCC/C=C\CCCCCCC(O)C(=O)NC(COC1OC(CO)C(O)C(O)C1OC(=O)CCCCCCCCCCCCCCC/C=C/CCCCCCCC)C(O)/C=C/CCCCCCCCCCCCC. The quantitative estimate of drug-likeness (QED) is 0.0195. The van der Waals surface area contributed by atoms with Gasteiger partial charge in [-0.15, -0.1) is 0 Å². The van der Waals surface area contributed by atoms with Gasteiger partial charge in [0.2, 0.25) is 5.91 Å². The minimum absolute atomic E-state index is 0.125. The molecule has 11 heteroatoms. The van der Waals surface area contributed by atoms with Gasteiger partial charge in [0, 0.05) is 6.42 Å². The molecule has 1 rings (SSSR count). The lowest BCUT2D eigenvalue weighted by Crippen LogP contribution is -2.61. The highest BCUT2D eigenvalue weighted by atomic mass is 16.7. The lowest BCUT2D eigenvalue weighted by Gasteiger charge is -2.41. The number of allylic oxidation sites excluding steroid dienone is 5. The Morgan fingerprint density at radius 2 is 0.893 bits per heavy atom. The smallest absolute Gasteiger partial charge is 0.306 e. The fourth-order valence-electron chi connectivity index (χ4n) is 9.92. The van der Waals surface area contributed by atoms with Crippen LogP contribution in [0.1, 0.15) is 297 Å². The Hall–Kier alpha value is -2.12. The van der Waals surface area contributed by atoms with Gasteiger partial charge in [-0.05, 0) is 70.6 Å². The van der Waals surface area contributed by atoms with Crippen LogP contribution in [0.3, 0.4) is 0 Å². The van der Waals surface area contributed by atoms with Crippen LogP contribution in [0.5, 0.6) is 0 Å². The lowest BCUT2D eigenvalue weighted by atomic mass is 9.99. The predicted octanol–water partition coefficient (Wildman–Crippen LogP) is 15.1. The molecule has 0 radical (unpaired) electrons. The van der Waals surface area contributed by atoms with Gasteiger partial charge in [0.25, 0.3) is 0 Å². The number of rotatable bonds is 54. The molecule has 0 saturated carbocycles. The van der Waals surface area contributed by atoms with Gasteiger partial charge in [-0.2, -0.15) is 0 Å². The van der Waals surface area contributed by atoms with Crippen molar-refractivity contribution in [1.29, 1.82) is 0 Å². The van der Waals surface area contributed by atoms with Crippen LogP contribution in [0.25, 0.3) is 0 Å². The van der Waals surface area contributed by atoms with Crippen LogP contribution in [0.4, 0.5) is 0 Å². The molecule has 1 heterocycles. The Bertz CT molecular complexity index is 1360. The molecule has 0 aromatic carbocycles. The summed E-state index contributed by atoms with van der Waals surface area (Å²) in [6.45, 7) is 5.75. The van der Waals surface area contributed by atoms with E-state index in [0.717, 1.165) is 70.6 Å². The second-order valence-corrected chi connectivity index (χ2v) is 22.1. The Morgan fingerprint density at radius 3 is 1.33 bits per heavy atom. The number of nitrogens with one attached hydrogen (secondary N) is 1. The van der Waals surface area contributed by atoms with Crippen molar-refractivity contribution in [2.45, 2.75) is 346 Å². The third-order valence-electron chi connectivity index (χ3n) is 15.0. The van der Waals surface area contributed by atoms with Crippen molar-refractivity contribution in [3.8, 4) is 0 Å². The maximum Gasteiger partial charge on any atom is 0.306 e. The molecule has 1 saturated heterocycles. The van der Waals surface area contributed by atoms with Crippen LogP contribution >= 0.6 is 0 Å². The fourth-order valence-corrected chi connectivity index (χ4v) is 9.92. The molecule has 1 amide bonds. The van der Waals surface area contributed by atoms with Crippen LogP contribution in [0.15, 0.2) is 36.5 Å². The summed E-state index contributed by atoms with van der Waals surface area (Å²) in [5.41, 5.74) is 0. The van der Waals surface area contributed by atoms with E-state index in [-0.39, 0.29) is 19.4 Å². The molecule has 0 spiro atoms. The van der Waals surface area contributed by atoms with Crippen molar-refractivity contribution in [1.82, 2.24) is 5.32 Å². The summed E-state index contributed by atoms with van der Waals surface area (Å²) in [5, 5.41) is 56.9. The van der Waals surface area contributed by atoms with Crippen molar-refractivity contribution >= 4 is 11.9 Å². The van der Waals surface area contributed by atoms with Gasteiger partial charge in [-0.25, -0.2) is 0 Å². The molecule has 75 heavy (non-hydrogen) atoms. The van der Waals surface area contributed by atoms with Crippen LogP contribution in [0.2, 0.25) is 0 Å². The first-order valence-electron chi connectivity index (χ1n) is 31.8. The maximum absolute atomic E-state index is 13.4. The Kier molecular flexibility index (Phi) is 49.7. The van der Waals surface area contributed by atoms with Gasteiger partial charge in [0.15, 0.2) is 12.4 Å². The molecule has 8 atom stereocenters. The van der Waals surface area contributed by atoms with Crippen LogP contribution in [-0.4, -0.2) is 99.6 Å². The maximum atomic E-state index is 13.4. The molecule has 0 aromatic rings. The Morgan fingerprint density at radius 1 is 0.507 bits per heavy atom. The van der Waals surface area contributed by atoms with Gasteiger partial charge in [0.1, 0.15) is 24.4 Å². The molecule has 1 aliphatic heterocycles. The third-order valence-corrected chi connectivity index (χ3v) is 15.0. The molecule has 6 N–H and O–H groups in total. The number of unbranched alkanes of at least 4 members (excludes halogenated alkanes) is 36. The number of carbonyl (C=O) groups is 2. The topological polar surface area (TPSA) is 175 Å². The predicted molar refractivity (Wildman–Crippen MR) is 311 cm³/mol. The highest BCUT2D eigenvalue weighted by molar-refractivity contribution is 5.80. The number of carbonyl (C=O) groups excluding carboxylic acids is 2. The van der Waals surface area contributed by atoms with E-state index in [1.807, 2.05) is 6.08 Å². The van der Waals surface area contributed by atoms with Crippen LogP contribution in [0, 0.1) is 0 Å². The van der Waals surface area contributed by atoms with Gasteiger partial charge in [0.05, 0.1) is 25.4 Å². The van der Waals surface area contributed by atoms with Crippen LogP contribution < -0.4 is 5.32 Å². The number of hydrogen-bond acceptors (Lipinski definition) is 10. The average Bonchev–Trinajstić information content (AvgIpc) is 3.41. The zero-order valence-corrected chi connectivity index (χ0v) is 48.7.